The normalized spacial score (nSPS) is 18.0. The molecule has 0 saturated heterocycles. The van der Waals surface area contributed by atoms with Crippen LogP contribution >= 0.6 is 0 Å². The number of benzene rings is 1. The highest BCUT2D eigenvalue weighted by Gasteiger charge is 2.42. The van der Waals surface area contributed by atoms with Crippen LogP contribution in [0.15, 0.2) is 47.9 Å². The maximum atomic E-state index is 13.1. The first-order valence-electron chi connectivity index (χ1n) is 5.93. The van der Waals surface area contributed by atoms with Crippen molar-refractivity contribution < 1.29 is 28.0 Å². The molecule has 6 nitrogen and oxygen atoms in total. The quantitative estimate of drug-likeness (QED) is 0.660. The van der Waals surface area contributed by atoms with Gasteiger partial charge in [-0.05, 0) is 11.6 Å². The van der Waals surface area contributed by atoms with Gasteiger partial charge in [0.2, 0.25) is 0 Å². The third-order valence-corrected chi connectivity index (χ3v) is 3.11. The number of nitro groups is 1. The van der Waals surface area contributed by atoms with Gasteiger partial charge in [-0.3, -0.25) is 10.1 Å². The monoisotopic (exact) mass is 314 g/mol. The highest BCUT2D eigenvalue weighted by atomic mass is 19.4. The van der Waals surface area contributed by atoms with Crippen molar-refractivity contribution in [1.82, 2.24) is 5.32 Å². The van der Waals surface area contributed by atoms with Crippen molar-refractivity contribution in [2.45, 2.75) is 12.1 Å². The number of aliphatic carboxylic acids is 1. The molecule has 2 rings (SSSR count). The Morgan fingerprint density at radius 3 is 2.45 bits per heavy atom. The molecular formula is C13H9F3N2O4. The van der Waals surface area contributed by atoms with Crippen molar-refractivity contribution in [3.05, 3.63) is 69.2 Å². The summed E-state index contributed by atoms with van der Waals surface area (Å²) in [5.41, 5.74) is -2.79. The maximum absolute atomic E-state index is 13.1. The summed E-state index contributed by atoms with van der Waals surface area (Å²) in [7, 11) is 0. The molecular weight excluding hydrogens is 305 g/mol. The molecule has 0 amide bonds. The lowest BCUT2D eigenvalue weighted by atomic mass is 9.84. The molecule has 0 spiro atoms. The molecule has 0 aromatic heterocycles. The van der Waals surface area contributed by atoms with Gasteiger partial charge in [0, 0.05) is 6.20 Å². The van der Waals surface area contributed by atoms with Gasteiger partial charge in [-0.15, -0.1) is 0 Å². The van der Waals surface area contributed by atoms with Crippen LogP contribution in [0.3, 0.4) is 0 Å². The molecule has 1 aliphatic heterocycles. The fraction of sp³-hybridized carbons (Fsp3) is 0.154. The van der Waals surface area contributed by atoms with Crippen molar-refractivity contribution in [1.29, 1.82) is 0 Å². The smallest absolute Gasteiger partial charge is 0.416 e. The van der Waals surface area contributed by atoms with Gasteiger partial charge >= 0.3 is 12.1 Å². The van der Waals surface area contributed by atoms with Crippen LogP contribution in [0.25, 0.3) is 0 Å². The molecule has 1 aromatic carbocycles. The van der Waals surface area contributed by atoms with Crippen LogP contribution < -0.4 is 5.32 Å². The molecule has 1 unspecified atom stereocenters. The number of carboxylic acids is 1. The predicted molar refractivity (Wildman–Crippen MR) is 68.1 cm³/mol. The molecule has 116 valence electrons. The minimum absolute atomic E-state index is 0.479. The van der Waals surface area contributed by atoms with Crippen LogP contribution in [0.1, 0.15) is 17.0 Å². The summed E-state index contributed by atoms with van der Waals surface area (Å²) in [6.07, 6.45) is -2.94. The third-order valence-electron chi connectivity index (χ3n) is 3.11. The van der Waals surface area contributed by atoms with Gasteiger partial charge in [0.25, 0.3) is 5.70 Å². The van der Waals surface area contributed by atoms with Gasteiger partial charge < -0.3 is 10.4 Å². The van der Waals surface area contributed by atoms with E-state index in [-0.39, 0.29) is 0 Å². The average molecular weight is 314 g/mol. The van der Waals surface area contributed by atoms with E-state index < -0.39 is 45.4 Å². The Bertz CT molecular complexity index is 665. The summed E-state index contributed by atoms with van der Waals surface area (Å²) in [5.74, 6) is -3.16. The fourth-order valence-electron chi connectivity index (χ4n) is 2.22. The van der Waals surface area contributed by atoms with E-state index in [0.717, 1.165) is 30.6 Å². The van der Waals surface area contributed by atoms with Gasteiger partial charge in [-0.25, -0.2) is 4.79 Å². The molecule has 0 aliphatic carbocycles. The van der Waals surface area contributed by atoms with Gasteiger partial charge in [-0.2, -0.15) is 13.2 Å². The Morgan fingerprint density at radius 2 is 1.91 bits per heavy atom. The number of nitrogens with zero attached hydrogens (tertiary/aromatic N) is 1. The molecule has 1 aromatic rings. The molecule has 0 radical (unpaired) electrons. The minimum Gasteiger partial charge on any atom is -0.478 e. The number of alkyl halides is 3. The Balaban J connectivity index is 2.67. The summed E-state index contributed by atoms with van der Waals surface area (Å²) in [5, 5.41) is 22.5. The molecule has 0 bridgehead atoms. The van der Waals surface area contributed by atoms with E-state index in [2.05, 4.69) is 5.32 Å². The standard InChI is InChI=1S/C13H9F3N2O4/c14-13(15,16)9-4-2-1-3-7(9)11-8(12(19)20)5-17-6-10(11)18(21)22/h1-6,11,17H,(H,19,20). The summed E-state index contributed by atoms with van der Waals surface area (Å²) >= 11 is 0. The minimum atomic E-state index is -4.76. The fourth-order valence-corrected chi connectivity index (χ4v) is 2.22. The number of hydrogen-bond donors (Lipinski definition) is 2. The number of allylic oxidation sites excluding steroid dienone is 1. The zero-order valence-electron chi connectivity index (χ0n) is 10.8. The van der Waals surface area contributed by atoms with Crippen LogP contribution in [0.2, 0.25) is 0 Å². The Kier molecular flexibility index (Phi) is 3.89. The number of hydrogen-bond acceptors (Lipinski definition) is 4. The van der Waals surface area contributed by atoms with E-state index in [9.17, 15) is 28.1 Å². The molecule has 9 heteroatoms. The number of nitrogens with one attached hydrogen (secondary N) is 1. The average Bonchev–Trinajstić information content (AvgIpc) is 2.45. The second-order valence-corrected chi connectivity index (χ2v) is 4.42. The van der Waals surface area contributed by atoms with E-state index >= 15 is 0 Å². The summed E-state index contributed by atoms with van der Waals surface area (Å²) in [4.78, 5) is 21.4. The summed E-state index contributed by atoms with van der Waals surface area (Å²) < 4.78 is 39.3. The highest BCUT2D eigenvalue weighted by molar-refractivity contribution is 5.89. The number of dihydropyridines is 1. The Labute approximate surface area is 121 Å². The zero-order valence-corrected chi connectivity index (χ0v) is 10.8. The van der Waals surface area contributed by atoms with Crippen molar-refractivity contribution in [3.8, 4) is 0 Å². The Hall–Kier alpha value is -2.84. The number of carbonyl (C=O) groups is 1. The van der Waals surface area contributed by atoms with Crippen LogP contribution in [-0.4, -0.2) is 16.0 Å². The van der Waals surface area contributed by atoms with E-state index in [1.807, 2.05) is 0 Å². The van der Waals surface area contributed by atoms with Crippen LogP contribution in [0, 0.1) is 10.1 Å². The molecule has 0 fully saturated rings. The maximum Gasteiger partial charge on any atom is 0.416 e. The summed E-state index contributed by atoms with van der Waals surface area (Å²) in [6, 6.07) is 4.19. The number of halogens is 3. The number of rotatable bonds is 3. The first-order valence-corrected chi connectivity index (χ1v) is 5.93. The lowest BCUT2D eigenvalue weighted by molar-refractivity contribution is -0.429. The molecule has 1 atom stereocenters. The Morgan fingerprint density at radius 1 is 1.27 bits per heavy atom. The van der Waals surface area contributed by atoms with Crippen molar-refractivity contribution in [2.24, 2.45) is 0 Å². The van der Waals surface area contributed by atoms with E-state index in [4.69, 9.17) is 5.11 Å². The van der Waals surface area contributed by atoms with E-state index in [1.54, 1.807) is 0 Å². The molecule has 0 saturated carbocycles. The van der Waals surface area contributed by atoms with Gasteiger partial charge in [0.05, 0.1) is 22.3 Å². The van der Waals surface area contributed by atoms with Crippen LogP contribution in [0.4, 0.5) is 13.2 Å². The van der Waals surface area contributed by atoms with Crippen molar-refractivity contribution in [3.63, 3.8) is 0 Å². The molecule has 1 aliphatic rings. The SMILES string of the molecule is O=C(O)C1=CNC=C([N+](=O)[O-])C1c1ccccc1C(F)(F)F. The molecule has 1 heterocycles. The predicted octanol–water partition coefficient (Wildman–Crippen LogP) is 2.48. The van der Waals surface area contributed by atoms with Crippen LogP contribution in [0.5, 0.6) is 0 Å². The van der Waals surface area contributed by atoms with Crippen LogP contribution in [-0.2, 0) is 11.0 Å². The lowest BCUT2D eigenvalue weighted by Crippen LogP contribution is -2.26. The van der Waals surface area contributed by atoms with E-state index in [0.29, 0.717) is 0 Å². The largest absolute Gasteiger partial charge is 0.478 e. The number of carboxylic acid groups (broad SMARTS) is 1. The third kappa shape index (κ3) is 2.78. The summed E-state index contributed by atoms with van der Waals surface area (Å²) in [6.45, 7) is 0. The molecule has 22 heavy (non-hydrogen) atoms. The first kappa shape index (κ1) is 15.5. The topological polar surface area (TPSA) is 92.5 Å². The van der Waals surface area contributed by atoms with E-state index in [1.165, 1.54) is 6.07 Å². The second-order valence-electron chi connectivity index (χ2n) is 4.42. The van der Waals surface area contributed by atoms with Crippen molar-refractivity contribution >= 4 is 5.97 Å². The zero-order chi connectivity index (χ0) is 16.5. The highest BCUT2D eigenvalue weighted by Crippen LogP contribution is 2.41. The first-order chi connectivity index (χ1) is 10.2. The van der Waals surface area contributed by atoms with Crippen molar-refractivity contribution in [2.75, 3.05) is 0 Å². The van der Waals surface area contributed by atoms with Gasteiger partial charge in [0.1, 0.15) is 5.92 Å². The lowest BCUT2D eigenvalue weighted by Gasteiger charge is -2.22. The molecule has 2 N–H and O–H groups in total. The van der Waals surface area contributed by atoms with Gasteiger partial charge in [0.15, 0.2) is 0 Å². The van der Waals surface area contributed by atoms with Gasteiger partial charge in [-0.1, -0.05) is 18.2 Å². The second kappa shape index (κ2) is 5.51.